The largest absolute Gasteiger partial charge is 0.388 e. The van der Waals surface area contributed by atoms with Crippen molar-refractivity contribution in [1.29, 1.82) is 0 Å². The number of hydrogen-bond donors (Lipinski definition) is 1. The number of rotatable bonds is 2. The van der Waals surface area contributed by atoms with Gasteiger partial charge in [-0.25, -0.2) is 0 Å². The van der Waals surface area contributed by atoms with Crippen molar-refractivity contribution in [2.45, 2.75) is 25.4 Å². The van der Waals surface area contributed by atoms with Crippen molar-refractivity contribution in [3.05, 3.63) is 47.0 Å². The van der Waals surface area contributed by atoms with Gasteiger partial charge in [0.25, 0.3) is 0 Å². The second kappa shape index (κ2) is 4.82. The molecule has 0 saturated heterocycles. The highest BCUT2D eigenvalue weighted by Crippen LogP contribution is 2.30. The molecule has 15 heavy (non-hydrogen) atoms. The van der Waals surface area contributed by atoms with Crippen LogP contribution in [-0.4, -0.2) is 5.11 Å². The topological polar surface area (TPSA) is 20.2 Å². The van der Waals surface area contributed by atoms with Gasteiger partial charge in [-0.15, -0.1) is 0 Å². The molecule has 0 aromatic heterocycles. The van der Waals surface area contributed by atoms with Crippen LogP contribution in [0.1, 0.15) is 30.9 Å². The fraction of sp³-hybridized carbons (Fsp3) is 0.385. The van der Waals surface area contributed by atoms with Crippen LogP contribution in [0.5, 0.6) is 0 Å². The van der Waals surface area contributed by atoms with Gasteiger partial charge < -0.3 is 5.11 Å². The summed E-state index contributed by atoms with van der Waals surface area (Å²) in [5.41, 5.74) is 0.955. The lowest BCUT2D eigenvalue weighted by Crippen LogP contribution is -2.12. The quantitative estimate of drug-likeness (QED) is 0.756. The molecule has 1 aliphatic rings. The second-order valence-electron chi connectivity index (χ2n) is 4.02. The summed E-state index contributed by atoms with van der Waals surface area (Å²) in [6, 6.07) is 7.45. The van der Waals surface area contributed by atoms with Gasteiger partial charge in [-0.3, -0.25) is 0 Å². The summed E-state index contributed by atoms with van der Waals surface area (Å²) in [5.74, 6) is 0.264. The third-order valence-electron chi connectivity index (χ3n) is 2.91. The third kappa shape index (κ3) is 2.61. The molecule has 0 fully saturated rings. The molecule has 1 N–H and O–H groups in total. The van der Waals surface area contributed by atoms with Gasteiger partial charge in [0.15, 0.2) is 0 Å². The van der Waals surface area contributed by atoms with E-state index in [2.05, 4.69) is 12.2 Å². The Kier molecular flexibility index (Phi) is 3.45. The first-order valence-corrected chi connectivity index (χ1v) is 5.75. The van der Waals surface area contributed by atoms with Crippen molar-refractivity contribution >= 4 is 11.6 Å². The third-order valence-corrected chi connectivity index (χ3v) is 3.16. The molecule has 0 heterocycles. The first-order valence-electron chi connectivity index (χ1n) is 5.37. The summed E-state index contributed by atoms with van der Waals surface area (Å²) in [6.45, 7) is 0. The summed E-state index contributed by atoms with van der Waals surface area (Å²) in [5, 5.41) is 10.9. The molecule has 2 rings (SSSR count). The molecule has 2 atom stereocenters. The van der Waals surface area contributed by atoms with Crippen LogP contribution < -0.4 is 0 Å². The molecule has 1 nitrogen and oxygen atoms in total. The normalized spacial score (nSPS) is 22.7. The van der Waals surface area contributed by atoms with Crippen LogP contribution in [0.15, 0.2) is 36.4 Å². The Morgan fingerprint density at radius 1 is 1.27 bits per heavy atom. The number of allylic oxidation sites excluding steroid dienone is 1. The van der Waals surface area contributed by atoms with Gasteiger partial charge in [-0.2, -0.15) is 0 Å². The highest BCUT2D eigenvalue weighted by atomic mass is 35.5. The summed E-state index contributed by atoms with van der Waals surface area (Å²) < 4.78 is 0. The smallest absolute Gasteiger partial charge is 0.0852 e. The fourth-order valence-electron chi connectivity index (χ4n) is 2.01. The van der Waals surface area contributed by atoms with E-state index in [0.29, 0.717) is 5.02 Å². The Bertz CT molecular complexity index is 342. The van der Waals surface area contributed by atoms with E-state index in [1.165, 1.54) is 6.42 Å². The Balaban J connectivity index is 2.12. The molecule has 80 valence electrons. The number of aliphatic hydroxyl groups is 1. The van der Waals surface area contributed by atoms with Crippen LogP contribution in [0.2, 0.25) is 5.02 Å². The monoisotopic (exact) mass is 222 g/mol. The minimum atomic E-state index is -0.390. The van der Waals surface area contributed by atoms with Crippen LogP contribution in [-0.2, 0) is 0 Å². The Labute approximate surface area is 95.4 Å². The fourth-order valence-corrected chi connectivity index (χ4v) is 2.13. The molecule has 0 bridgehead atoms. The van der Waals surface area contributed by atoms with Gasteiger partial charge in [0.1, 0.15) is 0 Å². The van der Waals surface area contributed by atoms with Crippen LogP contribution in [0.3, 0.4) is 0 Å². The van der Waals surface area contributed by atoms with E-state index >= 15 is 0 Å². The minimum Gasteiger partial charge on any atom is -0.388 e. The van der Waals surface area contributed by atoms with Gasteiger partial charge in [0.05, 0.1) is 6.10 Å². The average Bonchev–Trinajstić information content (AvgIpc) is 2.30. The van der Waals surface area contributed by atoms with E-state index in [4.69, 9.17) is 11.6 Å². The van der Waals surface area contributed by atoms with Gasteiger partial charge >= 0.3 is 0 Å². The van der Waals surface area contributed by atoms with Crippen molar-refractivity contribution < 1.29 is 5.11 Å². The molecule has 0 spiro atoms. The second-order valence-corrected chi connectivity index (χ2v) is 4.46. The van der Waals surface area contributed by atoms with Crippen molar-refractivity contribution in [1.82, 2.24) is 0 Å². The zero-order chi connectivity index (χ0) is 10.7. The van der Waals surface area contributed by atoms with E-state index in [0.717, 1.165) is 18.4 Å². The molecule has 2 heteroatoms. The number of hydrogen-bond acceptors (Lipinski definition) is 1. The van der Waals surface area contributed by atoms with Crippen LogP contribution in [0.25, 0.3) is 0 Å². The highest BCUT2D eigenvalue weighted by Gasteiger charge is 2.19. The molecular formula is C13H15ClO. The zero-order valence-electron chi connectivity index (χ0n) is 8.57. The molecule has 0 radical (unpaired) electrons. The van der Waals surface area contributed by atoms with E-state index in [-0.39, 0.29) is 12.0 Å². The molecule has 0 unspecified atom stereocenters. The van der Waals surface area contributed by atoms with E-state index in [1.807, 2.05) is 24.3 Å². The summed E-state index contributed by atoms with van der Waals surface area (Å²) in [7, 11) is 0. The minimum absolute atomic E-state index is 0.264. The lowest BCUT2D eigenvalue weighted by atomic mass is 9.87. The molecule has 0 aliphatic heterocycles. The number of benzene rings is 1. The van der Waals surface area contributed by atoms with E-state index in [1.54, 1.807) is 0 Å². The average molecular weight is 223 g/mol. The highest BCUT2D eigenvalue weighted by molar-refractivity contribution is 6.30. The summed E-state index contributed by atoms with van der Waals surface area (Å²) in [4.78, 5) is 0. The first-order chi connectivity index (χ1) is 7.27. The molecule has 1 aromatic rings. The SMILES string of the molecule is O[C@H](c1ccc(Cl)cc1)[C@H]1C=CCCC1. The van der Waals surface area contributed by atoms with Crippen molar-refractivity contribution in [3.63, 3.8) is 0 Å². The number of halogens is 1. The molecule has 0 saturated carbocycles. The van der Waals surface area contributed by atoms with Gasteiger partial charge in [-0.05, 0) is 37.0 Å². The Hall–Kier alpha value is -0.790. The zero-order valence-corrected chi connectivity index (χ0v) is 9.32. The lowest BCUT2D eigenvalue weighted by molar-refractivity contribution is 0.123. The first kappa shape index (κ1) is 10.7. The summed E-state index contributed by atoms with van der Waals surface area (Å²) >= 11 is 5.81. The van der Waals surface area contributed by atoms with Crippen molar-refractivity contribution in [3.8, 4) is 0 Å². The van der Waals surface area contributed by atoms with Crippen LogP contribution in [0.4, 0.5) is 0 Å². The lowest BCUT2D eigenvalue weighted by Gasteiger charge is -2.22. The van der Waals surface area contributed by atoms with E-state index in [9.17, 15) is 5.11 Å². The molecule has 0 amide bonds. The van der Waals surface area contributed by atoms with Gasteiger partial charge in [0, 0.05) is 10.9 Å². The maximum absolute atomic E-state index is 10.1. The summed E-state index contributed by atoms with van der Waals surface area (Å²) in [6.07, 6.45) is 7.28. The predicted molar refractivity (Wildman–Crippen MR) is 62.9 cm³/mol. The molecular weight excluding hydrogens is 208 g/mol. The van der Waals surface area contributed by atoms with Crippen molar-refractivity contribution in [2.24, 2.45) is 5.92 Å². The molecule has 1 aromatic carbocycles. The van der Waals surface area contributed by atoms with Crippen LogP contribution in [0, 0.1) is 5.92 Å². The van der Waals surface area contributed by atoms with E-state index < -0.39 is 0 Å². The number of aliphatic hydroxyl groups excluding tert-OH is 1. The molecule has 1 aliphatic carbocycles. The van der Waals surface area contributed by atoms with Gasteiger partial charge in [0.2, 0.25) is 0 Å². The Morgan fingerprint density at radius 3 is 2.60 bits per heavy atom. The van der Waals surface area contributed by atoms with Crippen molar-refractivity contribution in [2.75, 3.05) is 0 Å². The predicted octanol–water partition coefficient (Wildman–Crippen LogP) is 3.73. The Morgan fingerprint density at radius 2 is 2.00 bits per heavy atom. The van der Waals surface area contributed by atoms with Crippen LogP contribution >= 0.6 is 11.6 Å². The van der Waals surface area contributed by atoms with Gasteiger partial charge in [-0.1, -0.05) is 35.9 Å². The maximum Gasteiger partial charge on any atom is 0.0852 e. The standard InChI is InChI=1S/C13H15ClO/c14-12-8-6-11(7-9-12)13(15)10-4-2-1-3-5-10/h2,4,6-10,13,15H,1,3,5H2/t10-,13-/m0/s1. The maximum atomic E-state index is 10.1.